The molecule has 0 aromatic heterocycles. The van der Waals surface area contributed by atoms with Crippen molar-refractivity contribution in [3.05, 3.63) is 69.0 Å². The van der Waals surface area contributed by atoms with Crippen LogP contribution >= 0.6 is 23.2 Å². The van der Waals surface area contributed by atoms with E-state index in [1.54, 1.807) is 34.9 Å². The summed E-state index contributed by atoms with van der Waals surface area (Å²) in [7, 11) is 0. The number of amides is 2. The van der Waals surface area contributed by atoms with Crippen LogP contribution in [0, 0.1) is 12.7 Å². The van der Waals surface area contributed by atoms with Crippen LogP contribution < -0.4 is 0 Å². The molecular weight excluding hydrogens is 378 g/mol. The molecule has 0 aliphatic carbocycles. The molecule has 2 amide bonds. The molecule has 0 bridgehead atoms. The lowest BCUT2D eigenvalue weighted by Gasteiger charge is -2.35. The predicted molar refractivity (Wildman–Crippen MR) is 99.4 cm³/mol. The Bertz CT molecular complexity index is 865. The molecule has 136 valence electrons. The van der Waals surface area contributed by atoms with Gasteiger partial charge in [0.05, 0.1) is 10.6 Å². The molecule has 0 atom stereocenters. The van der Waals surface area contributed by atoms with Crippen LogP contribution in [-0.2, 0) is 0 Å². The number of carbonyl (C=O) groups excluding carboxylic acids is 2. The van der Waals surface area contributed by atoms with Gasteiger partial charge in [-0.1, -0.05) is 29.3 Å². The fraction of sp³-hybridized carbons (Fsp3) is 0.263. The van der Waals surface area contributed by atoms with Crippen molar-refractivity contribution in [3.63, 3.8) is 0 Å². The molecule has 1 aliphatic rings. The minimum absolute atomic E-state index is 0.194. The number of aryl methyl sites for hydroxylation is 1. The molecule has 3 rings (SSSR count). The van der Waals surface area contributed by atoms with Gasteiger partial charge in [-0.25, -0.2) is 4.39 Å². The van der Waals surface area contributed by atoms with Crippen molar-refractivity contribution < 1.29 is 14.0 Å². The number of hydrogen-bond donors (Lipinski definition) is 0. The molecule has 26 heavy (non-hydrogen) atoms. The highest BCUT2D eigenvalue weighted by molar-refractivity contribution is 6.36. The summed E-state index contributed by atoms with van der Waals surface area (Å²) in [5.74, 6) is -0.857. The summed E-state index contributed by atoms with van der Waals surface area (Å²) in [4.78, 5) is 28.5. The van der Waals surface area contributed by atoms with Gasteiger partial charge < -0.3 is 9.80 Å². The zero-order chi connectivity index (χ0) is 18.8. The van der Waals surface area contributed by atoms with Crippen molar-refractivity contribution in [2.75, 3.05) is 26.2 Å². The molecule has 4 nitrogen and oxygen atoms in total. The van der Waals surface area contributed by atoms with Crippen LogP contribution in [0.4, 0.5) is 4.39 Å². The number of nitrogens with zero attached hydrogens (tertiary/aromatic N) is 2. The predicted octanol–water partition coefficient (Wildman–Crippen LogP) is 4.04. The SMILES string of the molecule is Cc1ccc(F)cc1C(=O)N1CCN(C(=O)c2ccc(Cl)cc2Cl)CC1. The van der Waals surface area contributed by atoms with Crippen LogP contribution in [0.1, 0.15) is 26.3 Å². The molecular formula is C19H17Cl2FN2O2. The Morgan fingerprint density at radius 2 is 1.46 bits per heavy atom. The van der Waals surface area contributed by atoms with Crippen LogP contribution in [0.25, 0.3) is 0 Å². The maximum Gasteiger partial charge on any atom is 0.255 e. The molecule has 1 fully saturated rings. The van der Waals surface area contributed by atoms with Crippen molar-refractivity contribution in [2.45, 2.75) is 6.92 Å². The number of rotatable bonds is 2. The first-order valence-electron chi connectivity index (χ1n) is 8.16. The Morgan fingerprint density at radius 3 is 2.04 bits per heavy atom. The van der Waals surface area contributed by atoms with Gasteiger partial charge in [0.15, 0.2) is 0 Å². The number of carbonyl (C=O) groups is 2. The molecule has 0 radical (unpaired) electrons. The first kappa shape index (κ1) is 18.7. The Hall–Kier alpha value is -2.11. The monoisotopic (exact) mass is 394 g/mol. The van der Waals surface area contributed by atoms with Crippen LogP contribution in [0.2, 0.25) is 10.0 Å². The van der Waals surface area contributed by atoms with Crippen molar-refractivity contribution in [2.24, 2.45) is 0 Å². The third-order valence-corrected chi connectivity index (χ3v) is 4.99. The highest BCUT2D eigenvalue weighted by atomic mass is 35.5. The van der Waals surface area contributed by atoms with Gasteiger partial charge in [-0.2, -0.15) is 0 Å². The van der Waals surface area contributed by atoms with Gasteiger partial charge in [-0.3, -0.25) is 9.59 Å². The second kappa shape index (κ2) is 7.64. The molecule has 1 heterocycles. The summed E-state index contributed by atoms with van der Waals surface area (Å²) in [5, 5.41) is 0.767. The Labute approximate surface area is 161 Å². The fourth-order valence-electron chi connectivity index (χ4n) is 2.94. The van der Waals surface area contributed by atoms with Crippen LogP contribution in [0.15, 0.2) is 36.4 Å². The van der Waals surface area contributed by atoms with Crippen LogP contribution in [0.5, 0.6) is 0 Å². The summed E-state index contributed by atoms with van der Waals surface area (Å²) >= 11 is 12.0. The average Bonchev–Trinajstić information content (AvgIpc) is 2.63. The van der Waals surface area contributed by atoms with Gasteiger partial charge in [0.1, 0.15) is 5.82 Å². The van der Waals surface area contributed by atoms with Gasteiger partial charge >= 0.3 is 0 Å². The van der Waals surface area contributed by atoms with E-state index in [0.717, 1.165) is 5.56 Å². The van der Waals surface area contributed by atoms with Crippen molar-refractivity contribution in [3.8, 4) is 0 Å². The highest BCUT2D eigenvalue weighted by Crippen LogP contribution is 2.23. The number of hydrogen-bond acceptors (Lipinski definition) is 2. The molecule has 2 aromatic carbocycles. The second-order valence-electron chi connectivity index (χ2n) is 6.17. The molecule has 2 aromatic rings. The van der Waals surface area contributed by atoms with Crippen molar-refractivity contribution in [1.29, 1.82) is 0 Å². The smallest absolute Gasteiger partial charge is 0.255 e. The van der Waals surface area contributed by atoms with E-state index in [1.807, 2.05) is 0 Å². The van der Waals surface area contributed by atoms with E-state index in [9.17, 15) is 14.0 Å². The molecule has 1 aliphatic heterocycles. The maximum atomic E-state index is 13.5. The molecule has 0 unspecified atom stereocenters. The van der Waals surface area contributed by atoms with Crippen molar-refractivity contribution in [1.82, 2.24) is 9.80 Å². The van der Waals surface area contributed by atoms with Gasteiger partial charge in [-0.15, -0.1) is 0 Å². The standard InChI is InChI=1S/C19H17Cl2FN2O2/c1-12-2-4-14(22)11-16(12)19(26)24-8-6-23(7-9-24)18(25)15-5-3-13(20)10-17(15)21/h2-5,10-11H,6-9H2,1H3. The lowest BCUT2D eigenvalue weighted by atomic mass is 10.1. The van der Waals surface area contributed by atoms with Crippen LogP contribution in [-0.4, -0.2) is 47.8 Å². The summed E-state index contributed by atoms with van der Waals surface area (Å²) < 4.78 is 13.5. The first-order valence-corrected chi connectivity index (χ1v) is 8.92. The van der Waals surface area contributed by atoms with E-state index in [4.69, 9.17) is 23.2 Å². The summed E-state index contributed by atoms with van der Waals surface area (Å²) in [5.41, 5.74) is 1.46. The number of halogens is 3. The molecule has 0 N–H and O–H groups in total. The van der Waals surface area contributed by atoms with Crippen molar-refractivity contribution >= 4 is 35.0 Å². The number of piperazine rings is 1. The van der Waals surface area contributed by atoms with E-state index in [0.29, 0.717) is 47.4 Å². The minimum Gasteiger partial charge on any atom is -0.335 e. The highest BCUT2D eigenvalue weighted by Gasteiger charge is 2.27. The lowest BCUT2D eigenvalue weighted by molar-refractivity contribution is 0.0535. The summed E-state index contributed by atoms with van der Waals surface area (Å²) in [6.07, 6.45) is 0. The quantitative estimate of drug-likeness (QED) is 0.770. The lowest BCUT2D eigenvalue weighted by Crippen LogP contribution is -2.50. The Morgan fingerprint density at radius 1 is 0.885 bits per heavy atom. The fourth-order valence-corrected chi connectivity index (χ4v) is 3.43. The normalized spacial score (nSPS) is 14.5. The topological polar surface area (TPSA) is 40.6 Å². The summed E-state index contributed by atoms with van der Waals surface area (Å²) in [6, 6.07) is 8.92. The third kappa shape index (κ3) is 3.84. The van der Waals surface area contributed by atoms with E-state index >= 15 is 0 Å². The zero-order valence-electron chi connectivity index (χ0n) is 14.1. The van der Waals surface area contributed by atoms with E-state index in [2.05, 4.69) is 0 Å². The largest absolute Gasteiger partial charge is 0.335 e. The molecule has 0 spiro atoms. The van der Waals surface area contributed by atoms with Crippen LogP contribution in [0.3, 0.4) is 0 Å². The zero-order valence-corrected chi connectivity index (χ0v) is 15.6. The van der Waals surface area contributed by atoms with Gasteiger partial charge in [0.25, 0.3) is 11.8 Å². The first-order chi connectivity index (χ1) is 12.4. The van der Waals surface area contributed by atoms with Gasteiger partial charge in [0.2, 0.25) is 0 Å². The minimum atomic E-state index is -0.440. The summed E-state index contributed by atoms with van der Waals surface area (Å²) in [6.45, 7) is 3.31. The average molecular weight is 395 g/mol. The third-order valence-electron chi connectivity index (χ3n) is 4.45. The van der Waals surface area contributed by atoms with E-state index in [-0.39, 0.29) is 11.8 Å². The van der Waals surface area contributed by atoms with E-state index in [1.165, 1.54) is 18.2 Å². The van der Waals surface area contributed by atoms with Gasteiger partial charge in [0, 0.05) is 36.8 Å². The number of benzene rings is 2. The molecule has 7 heteroatoms. The van der Waals surface area contributed by atoms with Gasteiger partial charge in [-0.05, 0) is 42.8 Å². The Balaban J connectivity index is 1.68. The maximum absolute atomic E-state index is 13.5. The molecule has 1 saturated heterocycles. The Kier molecular flexibility index (Phi) is 5.49. The second-order valence-corrected chi connectivity index (χ2v) is 7.01. The van der Waals surface area contributed by atoms with E-state index < -0.39 is 5.82 Å². The molecule has 0 saturated carbocycles.